The summed E-state index contributed by atoms with van der Waals surface area (Å²) in [6, 6.07) is 4.46. The van der Waals surface area contributed by atoms with Crippen LogP contribution in [0.15, 0.2) is 12.1 Å². The molecule has 2 aliphatic heterocycles. The molecule has 3 rings (SSSR count). The molecule has 0 saturated heterocycles. The molecule has 1 N–H and O–H groups in total. The SMILES string of the molecule is CCCCNC1CC(C)(CC)Oc2c1ccc1c2OCCO1. The average Bonchev–Trinajstić information content (AvgIpc) is 2.55. The molecule has 0 aromatic heterocycles. The number of fused-ring (bicyclic) bond motifs is 3. The standard InChI is InChI=1S/C18H27NO3/c1-4-6-9-19-14-12-18(3,5-2)22-16-13(14)7-8-15-17(16)21-11-10-20-15/h7-8,14,19H,4-6,9-12H2,1-3H3. The number of hydrogen-bond donors (Lipinski definition) is 1. The molecule has 2 heterocycles. The molecule has 2 atom stereocenters. The van der Waals surface area contributed by atoms with Crippen LogP contribution in [0.2, 0.25) is 0 Å². The summed E-state index contributed by atoms with van der Waals surface area (Å²) in [5.74, 6) is 2.46. The first-order valence-corrected chi connectivity index (χ1v) is 8.52. The fourth-order valence-corrected chi connectivity index (χ4v) is 3.17. The van der Waals surface area contributed by atoms with Gasteiger partial charge in [0.25, 0.3) is 0 Å². The molecule has 0 bridgehead atoms. The summed E-state index contributed by atoms with van der Waals surface area (Å²) < 4.78 is 17.9. The van der Waals surface area contributed by atoms with Gasteiger partial charge in [0.1, 0.15) is 18.8 Å². The van der Waals surface area contributed by atoms with Crippen molar-refractivity contribution in [3.8, 4) is 17.2 Å². The van der Waals surface area contributed by atoms with Crippen molar-refractivity contribution in [2.45, 2.75) is 58.1 Å². The quantitative estimate of drug-likeness (QED) is 0.839. The van der Waals surface area contributed by atoms with Gasteiger partial charge in [-0.3, -0.25) is 0 Å². The van der Waals surface area contributed by atoms with Crippen LogP contribution in [-0.2, 0) is 0 Å². The Kier molecular flexibility index (Phi) is 4.48. The van der Waals surface area contributed by atoms with Crippen LogP contribution in [-0.4, -0.2) is 25.4 Å². The van der Waals surface area contributed by atoms with E-state index in [2.05, 4.69) is 32.2 Å². The number of unbranched alkanes of at least 4 members (excludes halogenated alkanes) is 1. The Bertz CT molecular complexity index is 531. The highest BCUT2D eigenvalue weighted by atomic mass is 16.6. The first kappa shape index (κ1) is 15.5. The zero-order valence-electron chi connectivity index (χ0n) is 13.9. The topological polar surface area (TPSA) is 39.7 Å². The van der Waals surface area contributed by atoms with Crippen molar-refractivity contribution in [1.29, 1.82) is 0 Å². The van der Waals surface area contributed by atoms with Gasteiger partial charge >= 0.3 is 0 Å². The molecule has 1 aromatic rings. The van der Waals surface area contributed by atoms with Crippen molar-refractivity contribution in [2.24, 2.45) is 0 Å². The van der Waals surface area contributed by atoms with E-state index in [9.17, 15) is 0 Å². The van der Waals surface area contributed by atoms with E-state index in [1.807, 2.05) is 6.07 Å². The van der Waals surface area contributed by atoms with Crippen molar-refractivity contribution in [1.82, 2.24) is 5.32 Å². The highest BCUT2D eigenvalue weighted by Crippen LogP contribution is 2.50. The Morgan fingerprint density at radius 3 is 2.77 bits per heavy atom. The van der Waals surface area contributed by atoms with Gasteiger partial charge in [-0.05, 0) is 38.4 Å². The van der Waals surface area contributed by atoms with Crippen molar-refractivity contribution in [2.75, 3.05) is 19.8 Å². The predicted molar refractivity (Wildman–Crippen MR) is 87.0 cm³/mol. The van der Waals surface area contributed by atoms with Gasteiger partial charge in [-0.25, -0.2) is 0 Å². The highest BCUT2D eigenvalue weighted by Gasteiger charge is 2.38. The lowest BCUT2D eigenvalue weighted by atomic mass is 9.86. The van der Waals surface area contributed by atoms with Gasteiger partial charge < -0.3 is 19.5 Å². The minimum atomic E-state index is -0.160. The van der Waals surface area contributed by atoms with Gasteiger partial charge in [-0.1, -0.05) is 20.3 Å². The molecule has 0 saturated carbocycles. The number of benzene rings is 1. The molecule has 4 nitrogen and oxygen atoms in total. The number of rotatable bonds is 5. The van der Waals surface area contributed by atoms with Gasteiger partial charge in [0.2, 0.25) is 5.75 Å². The van der Waals surface area contributed by atoms with Crippen LogP contribution in [0, 0.1) is 0 Å². The lowest BCUT2D eigenvalue weighted by Crippen LogP contribution is -2.42. The minimum Gasteiger partial charge on any atom is -0.486 e. The summed E-state index contributed by atoms with van der Waals surface area (Å²) in [7, 11) is 0. The third-order valence-electron chi connectivity index (χ3n) is 4.72. The largest absolute Gasteiger partial charge is 0.486 e. The normalized spacial score (nSPS) is 26.2. The van der Waals surface area contributed by atoms with E-state index in [1.165, 1.54) is 18.4 Å². The monoisotopic (exact) mass is 305 g/mol. The van der Waals surface area contributed by atoms with Crippen molar-refractivity contribution < 1.29 is 14.2 Å². The van der Waals surface area contributed by atoms with E-state index in [4.69, 9.17) is 14.2 Å². The van der Waals surface area contributed by atoms with Gasteiger partial charge in [0, 0.05) is 18.0 Å². The lowest BCUT2D eigenvalue weighted by molar-refractivity contribution is 0.0367. The maximum absolute atomic E-state index is 6.36. The predicted octanol–water partition coefficient (Wildman–Crippen LogP) is 3.84. The Morgan fingerprint density at radius 1 is 1.18 bits per heavy atom. The Labute approximate surface area is 133 Å². The first-order chi connectivity index (χ1) is 10.7. The van der Waals surface area contributed by atoms with Gasteiger partial charge in [0.15, 0.2) is 11.5 Å². The van der Waals surface area contributed by atoms with Crippen LogP contribution < -0.4 is 19.5 Å². The number of nitrogens with one attached hydrogen (secondary N) is 1. The fourth-order valence-electron chi connectivity index (χ4n) is 3.17. The Hall–Kier alpha value is -1.42. The van der Waals surface area contributed by atoms with Crippen LogP contribution in [0.4, 0.5) is 0 Å². The second kappa shape index (κ2) is 6.37. The highest BCUT2D eigenvalue weighted by molar-refractivity contribution is 5.58. The summed E-state index contributed by atoms with van der Waals surface area (Å²) in [5.41, 5.74) is 1.04. The number of hydrogen-bond acceptors (Lipinski definition) is 4. The summed E-state index contributed by atoms with van der Waals surface area (Å²) in [5, 5.41) is 3.70. The molecule has 22 heavy (non-hydrogen) atoms. The van der Waals surface area contributed by atoms with Crippen molar-refractivity contribution in [3.05, 3.63) is 17.7 Å². The van der Waals surface area contributed by atoms with Crippen molar-refractivity contribution >= 4 is 0 Å². The third kappa shape index (κ3) is 2.89. The summed E-state index contributed by atoms with van der Waals surface area (Å²) in [6.45, 7) is 8.82. The Balaban J connectivity index is 1.94. The number of ether oxygens (including phenoxy) is 3. The molecule has 1 aromatic carbocycles. The molecule has 4 heteroatoms. The zero-order chi connectivity index (χ0) is 15.6. The molecule has 2 unspecified atom stereocenters. The van der Waals surface area contributed by atoms with Gasteiger partial charge in [-0.2, -0.15) is 0 Å². The van der Waals surface area contributed by atoms with Crippen molar-refractivity contribution in [3.63, 3.8) is 0 Å². The average molecular weight is 305 g/mol. The van der Waals surface area contributed by atoms with Crippen LogP contribution in [0.25, 0.3) is 0 Å². The molecule has 0 radical (unpaired) electrons. The second-order valence-electron chi connectivity index (χ2n) is 6.48. The lowest BCUT2D eigenvalue weighted by Gasteiger charge is -2.41. The molecule has 0 aliphatic carbocycles. The van der Waals surface area contributed by atoms with Crippen LogP contribution >= 0.6 is 0 Å². The maximum atomic E-state index is 6.36. The fraction of sp³-hybridized carbons (Fsp3) is 0.667. The Morgan fingerprint density at radius 2 is 2.00 bits per heavy atom. The molecule has 2 aliphatic rings. The zero-order valence-corrected chi connectivity index (χ0v) is 13.9. The van der Waals surface area contributed by atoms with E-state index >= 15 is 0 Å². The molecule has 122 valence electrons. The second-order valence-corrected chi connectivity index (χ2v) is 6.48. The van der Waals surface area contributed by atoms with E-state index in [0.717, 1.165) is 36.6 Å². The van der Waals surface area contributed by atoms with Crippen LogP contribution in [0.1, 0.15) is 58.1 Å². The molecular formula is C18H27NO3. The first-order valence-electron chi connectivity index (χ1n) is 8.52. The third-order valence-corrected chi connectivity index (χ3v) is 4.72. The summed E-state index contributed by atoms with van der Waals surface area (Å²) in [6.07, 6.45) is 4.36. The molecule has 0 spiro atoms. The summed E-state index contributed by atoms with van der Waals surface area (Å²) in [4.78, 5) is 0. The van der Waals surface area contributed by atoms with E-state index < -0.39 is 0 Å². The van der Waals surface area contributed by atoms with Gasteiger partial charge in [-0.15, -0.1) is 0 Å². The van der Waals surface area contributed by atoms with Crippen LogP contribution in [0.3, 0.4) is 0 Å². The maximum Gasteiger partial charge on any atom is 0.204 e. The van der Waals surface area contributed by atoms with E-state index in [0.29, 0.717) is 19.3 Å². The van der Waals surface area contributed by atoms with Gasteiger partial charge in [0.05, 0.1) is 0 Å². The molecule has 0 amide bonds. The van der Waals surface area contributed by atoms with E-state index in [-0.39, 0.29) is 5.60 Å². The molecule has 0 fully saturated rings. The smallest absolute Gasteiger partial charge is 0.204 e. The summed E-state index contributed by atoms with van der Waals surface area (Å²) >= 11 is 0. The molecular weight excluding hydrogens is 278 g/mol. The van der Waals surface area contributed by atoms with Crippen LogP contribution in [0.5, 0.6) is 17.2 Å². The van der Waals surface area contributed by atoms with E-state index in [1.54, 1.807) is 0 Å². The minimum absolute atomic E-state index is 0.160.